The second-order valence-corrected chi connectivity index (χ2v) is 7.20. The number of nitrogens with zero attached hydrogens (tertiary/aromatic N) is 2. The maximum absolute atomic E-state index is 13.0. The molecule has 4 heteroatoms. The highest BCUT2D eigenvalue weighted by molar-refractivity contribution is 5.98. The second kappa shape index (κ2) is 5.74. The van der Waals surface area contributed by atoms with Crippen molar-refractivity contribution in [2.75, 3.05) is 13.1 Å². The monoisotopic (exact) mass is 331 g/mol. The molecule has 2 atom stereocenters. The third kappa shape index (κ3) is 2.53. The first-order valence-electron chi connectivity index (χ1n) is 8.94. The van der Waals surface area contributed by atoms with Gasteiger partial charge < -0.3 is 9.88 Å². The molecule has 25 heavy (non-hydrogen) atoms. The molecule has 0 radical (unpaired) electrons. The van der Waals surface area contributed by atoms with E-state index >= 15 is 0 Å². The van der Waals surface area contributed by atoms with Crippen LogP contribution in [0.25, 0.3) is 10.9 Å². The molecule has 3 aromatic rings. The molecule has 1 amide bonds. The number of aromatic amines is 1. The Bertz CT molecular complexity index is 917. The van der Waals surface area contributed by atoms with Gasteiger partial charge in [-0.05, 0) is 36.2 Å². The number of carbonyl (C=O) groups excluding carboxylic acids is 1. The fourth-order valence-electron chi connectivity index (χ4n) is 4.36. The minimum absolute atomic E-state index is 0.176. The summed E-state index contributed by atoms with van der Waals surface area (Å²) in [5.41, 5.74) is 3.23. The van der Waals surface area contributed by atoms with Crippen molar-refractivity contribution in [2.45, 2.75) is 25.0 Å². The summed E-state index contributed by atoms with van der Waals surface area (Å²) in [6, 6.07) is 19.4. The Morgan fingerprint density at radius 3 is 2.72 bits per heavy atom. The van der Waals surface area contributed by atoms with E-state index in [0.29, 0.717) is 12.1 Å². The second-order valence-electron chi connectivity index (χ2n) is 7.20. The fraction of sp³-hybridized carbons (Fsp3) is 0.286. The summed E-state index contributed by atoms with van der Waals surface area (Å²) in [6.07, 6.45) is 3.02. The smallest absolute Gasteiger partial charge is 0.254 e. The van der Waals surface area contributed by atoms with Gasteiger partial charge >= 0.3 is 0 Å². The van der Waals surface area contributed by atoms with Crippen molar-refractivity contribution in [3.63, 3.8) is 0 Å². The summed E-state index contributed by atoms with van der Waals surface area (Å²) in [7, 11) is 0. The van der Waals surface area contributed by atoms with Gasteiger partial charge in [-0.2, -0.15) is 0 Å². The van der Waals surface area contributed by atoms with Gasteiger partial charge in [0, 0.05) is 54.4 Å². The van der Waals surface area contributed by atoms with Crippen LogP contribution < -0.4 is 0 Å². The van der Waals surface area contributed by atoms with E-state index in [1.807, 2.05) is 30.5 Å². The number of rotatable bonds is 3. The molecule has 2 aliphatic rings. The highest BCUT2D eigenvalue weighted by Gasteiger charge is 2.45. The van der Waals surface area contributed by atoms with E-state index in [1.165, 1.54) is 5.56 Å². The third-order valence-electron chi connectivity index (χ3n) is 5.64. The number of amides is 1. The highest BCUT2D eigenvalue weighted by atomic mass is 16.2. The Balaban J connectivity index is 1.30. The largest absolute Gasteiger partial charge is 0.361 e. The van der Waals surface area contributed by atoms with E-state index in [1.54, 1.807) is 0 Å². The topological polar surface area (TPSA) is 39.3 Å². The Morgan fingerprint density at radius 1 is 1.04 bits per heavy atom. The molecule has 2 saturated heterocycles. The standard InChI is InChI=1S/C21H21N3O/c25-21(17-6-7-20-16(10-17)8-9-22-20)24-14-18-11-19(24)13-23(18)12-15-4-2-1-3-5-15/h1-10,18-19,22H,11-14H2. The van der Waals surface area contributed by atoms with Gasteiger partial charge in [-0.3, -0.25) is 9.69 Å². The molecule has 1 aromatic heterocycles. The van der Waals surface area contributed by atoms with Gasteiger partial charge in [-0.1, -0.05) is 30.3 Å². The predicted molar refractivity (Wildman–Crippen MR) is 98.4 cm³/mol. The molecule has 2 fully saturated rings. The van der Waals surface area contributed by atoms with Gasteiger partial charge in [-0.25, -0.2) is 0 Å². The van der Waals surface area contributed by atoms with Gasteiger partial charge in [0.15, 0.2) is 0 Å². The minimum Gasteiger partial charge on any atom is -0.361 e. The van der Waals surface area contributed by atoms with Gasteiger partial charge in [0.1, 0.15) is 0 Å². The SMILES string of the molecule is O=C(c1ccc2[nH]ccc2c1)N1CC2CC1CN2Cc1ccccc1. The molecule has 2 aromatic carbocycles. The number of likely N-dealkylation sites (tertiary alicyclic amines) is 2. The van der Waals surface area contributed by atoms with Crippen molar-refractivity contribution >= 4 is 16.8 Å². The highest BCUT2D eigenvalue weighted by Crippen LogP contribution is 2.33. The Labute approximate surface area is 147 Å². The average Bonchev–Trinajstić information content (AvgIpc) is 3.36. The Hall–Kier alpha value is -2.59. The number of piperazine rings is 1. The maximum atomic E-state index is 13.0. The molecule has 2 aliphatic heterocycles. The van der Waals surface area contributed by atoms with Gasteiger partial charge in [0.05, 0.1) is 0 Å². The summed E-state index contributed by atoms with van der Waals surface area (Å²) in [4.78, 5) is 20.8. The van der Waals surface area contributed by atoms with E-state index < -0.39 is 0 Å². The molecular formula is C21H21N3O. The van der Waals surface area contributed by atoms with Gasteiger partial charge in [0.25, 0.3) is 5.91 Å². The number of hydrogen-bond donors (Lipinski definition) is 1. The molecule has 0 aliphatic carbocycles. The van der Waals surface area contributed by atoms with E-state index in [0.717, 1.165) is 42.5 Å². The molecule has 5 rings (SSSR count). The lowest BCUT2D eigenvalue weighted by atomic mass is 10.1. The zero-order valence-electron chi connectivity index (χ0n) is 14.1. The minimum atomic E-state index is 0.176. The van der Waals surface area contributed by atoms with Crippen molar-refractivity contribution in [1.82, 2.24) is 14.8 Å². The summed E-state index contributed by atoms with van der Waals surface area (Å²) < 4.78 is 0. The van der Waals surface area contributed by atoms with Crippen LogP contribution in [0.1, 0.15) is 22.3 Å². The third-order valence-corrected chi connectivity index (χ3v) is 5.64. The zero-order chi connectivity index (χ0) is 16.8. The first-order valence-corrected chi connectivity index (χ1v) is 8.94. The number of hydrogen-bond acceptors (Lipinski definition) is 2. The fourth-order valence-corrected chi connectivity index (χ4v) is 4.36. The van der Waals surface area contributed by atoms with Crippen molar-refractivity contribution in [1.29, 1.82) is 0 Å². The van der Waals surface area contributed by atoms with E-state index in [2.05, 4.69) is 45.1 Å². The number of nitrogens with one attached hydrogen (secondary N) is 1. The Kier molecular flexibility index (Phi) is 3.38. The summed E-state index contributed by atoms with van der Waals surface area (Å²) in [5, 5.41) is 1.10. The maximum Gasteiger partial charge on any atom is 0.254 e. The lowest BCUT2D eigenvalue weighted by Gasteiger charge is -2.34. The predicted octanol–water partition coefficient (Wildman–Crippen LogP) is 3.27. The zero-order valence-corrected chi connectivity index (χ0v) is 14.1. The van der Waals surface area contributed by atoms with Crippen LogP contribution >= 0.6 is 0 Å². The molecule has 2 bridgehead atoms. The van der Waals surface area contributed by atoms with E-state index in [4.69, 9.17) is 0 Å². The first-order chi connectivity index (χ1) is 12.3. The number of H-pyrrole nitrogens is 1. The van der Waals surface area contributed by atoms with E-state index in [-0.39, 0.29) is 5.91 Å². The summed E-state index contributed by atoms with van der Waals surface area (Å²) in [5.74, 6) is 0.176. The van der Waals surface area contributed by atoms with E-state index in [9.17, 15) is 4.79 Å². The van der Waals surface area contributed by atoms with Gasteiger partial charge in [-0.15, -0.1) is 0 Å². The van der Waals surface area contributed by atoms with Crippen molar-refractivity contribution < 1.29 is 4.79 Å². The van der Waals surface area contributed by atoms with Gasteiger partial charge in [0.2, 0.25) is 0 Å². The van der Waals surface area contributed by atoms with Crippen molar-refractivity contribution in [3.8, 4) is 0 Å². The summed E-state index contributed by atoms with van der Waals surface area (Å²) >= 11 is 0. The molecule has 3 heterocycles. The van der Waals surface area contributed by atoms with Crippen LogP contribution in [0.5, 0.6) is 0 Å². The van der Waals surface area contributed by atoms with Crippen LogP contribution in [0.15, 0.2) is 60.8 Å². The molecular weight excluding hydrogens is 310 g/mol. The molecule has 126 valence electrons. The lowest BCUT2D eigenvalue weighted by Crippen LogP contribution is -2.48. The lowest BCUT2D eigenvalue weighted by molar-refractivity contribution is 0.0616. The van der Waals surface area contributed by atoms with Crippen molar-refractivity contribution in [3.05, 3.63) is 71.9 Å². The summed E-state index contributed by atoms with van der Waals surface area (Å²) in [6.45, 7) is 2.82. The normalized spacial score (nSPS) is 22.8. The Morgan fingerprint density at radius 2 is 1.92 bits per heavy atom. The molecule has 1 N–H and O–H groups in total. The average molecular weight is 331 g/mol. The van der Waals surface area contributed by atoms with Crippen molar-refractivity contribution in [2.24, 2.45) is 0 Å². The van der Waals surface area contributed by atoms with Crippen LogP contribution in [0.3, 0.4) is 0 Å². The number of benzene rings is 2. The number of fused-ring (bicyclic) bond motifs is 3. The molecule has 0 spiro atoms. The van der Waals surface area contributed by atoms with Crippen LogP contribution in [0, 0.1) is 0 Å². The quantitative estimate of drug-likeness (QED) is 0.800. The molecule has 4 nitrogen and oxygen atoms in total. The van der Waals surface area contributed by atoms with Crippen LogP contribution in [-0.2, 0) is 6.54 Å². The van der Waals surface area contributed by atoms with Crippen LogP contribution in [-0.4, -0.2) is 45.9 Å². The van der Waals surface area contributed by atoms with Crippen LogP contribution in [0.4, 0.5) is 0 Å². The number of carbonyl (C=O) groups is 1. The molecule has 2 unspecified atom stereocenters. The molecule has 0 saturated carbocycles. The van der Waals surface area contributed by atoms with Crippen LogP contribution in [0.2, 0.25) is 0 Å². The number of aromatic nitrogens is 1. The first kappa shape index (κ1) is 14.7.